The van der Waals surface area contributed by atoms with Gasteiger partial charge in [0.05, 0.1) is 18.2 Å². The fraction of sp³-hybridized carbons (Fsp3) is 0.400. The number of nitrogens with one attached hydrogen (secondary N) is 1. The molecule has 2 amide bonds. The molecule has 0 aliphatic carbocycles. The minimum atomic E-state index is -0.915. The number of amides is 2. The van der Waals surface area contributed by atoms with Crippen LogP contribution < -0.4 is 10.1 Å². The fourth-order valence-electron chi connectivity index (χ4n) is 2.67. The topological polar surface area (TPSA) is 95.9 Å². The molecule has 0 aromatic heterocycles. The molecule has 2 aliphatic heterocycles. The first-order valence-electron chi connectivity index (χ1n) is 7.22. The number of hydrogen-bond donors (Lipinski definition) is 2. The first-order valence-corrected chi connectivity index (χ1v) is 8.37. The van der Waals surface area contributed by atoms with Gasteiger partial charge in [-0.2, -0.15) is 11.8 Å². The van der Waals surface area contributed by atoms with Gasteiger partial charge in [-0.05, 0) is 18.2 Å². The average molecular weight is 336 g/mol. The van der Waals surface area contributed by atoms with Gasteiger partial charge in [-0.15, -0.1) is 0 Å². The Morgan fingerprint density at radius 3 is 3.04 bits per heavy atom. The van der Waals surface area contributed by atoms with E-state index in [9.17, 15) is 14.4 Å². The fourth-order valence-corrected chi connectivity index (χ4v) is 3.74. The van der Waals surface area contributed by atoms with Gasteiger partial charge < -0.3 is 20.1 Å². The third kappa shape index (κ3) is 3.42. The van der Waals surface area contributed by atoms with Gasteiger partial charge >= 0.3 is 5.97 Å². The number of thioether (sulfide) groups is 1. The summed E-state index contributed by atoms with van der Waals surface area (Å²) >= 11 is 1.65. The Labute approximate surface area is 137 Å². The summed E-state index contributed by atoms with van der Waals surface area (Å²) in [5.41, 5.74) is 0.880. The van der Waals surface area contributed by atoms with E-state index in [0.717, 1.165) is 5.75 Å². The summed E-state index contributed by atoms with van der Waals surface area (Å²) in [6.07, 6.45) is -0.0659. The molecule has 1 aromatic carbocycles. The second-order valence-electron chi connectivity index (χ2n) is 5.37. The van der Waals surface area contributed by atoms with E-state index in [1.807, 2.05) is 0 Å². The standard InChI is InChI=1S/C15H16N2O5S/c18-13-7-22-12-2-1-9(5-11(12)16-13)15(21)17-3-4-23-8-10(17)6-14(19)20/h1-2,5,10H,3-4,6-8H2,(H,16,18)(H,19,20). The van der Waals surface area contributed by atoms with Crippen LogP contribution in [0.5, 0.6) is 5.75 Å². The number of carboxylic acid groups (broad SMARTS) is 1. The lowest BCUT2D eigenvalue weighted by Crippen LogP contribution is -2.47. The second-order valence-corrected chi connectivity index (χ2v) is 6.52. The van der Waals surface area contributed by atoms with E-state index in [4.69, 9.17) is 9.84 Å². The molecule has 2 heterocycles. The maximum atomic E-state index is 12.7. The van der Waals surface area contributed by atoms with E-state index < -0.39 is 5.97 Å². The molecule has 1 atom stereocenters. The molecule has 8 heteroatoms. The molecule has 1 fully saturated rings. The smallest absolute Gasteiger partial charge is 0.305 e. The SMILES string of the molecule is O=C(O)CC1CSCCN1C(=O)c1ccc2c(c1)NC(=O)CO2. The lowest BCUT2D eigenvalue weighted by Gasteiger charge is -2.34. The highest BCUT2D eigenvalue weighted by Crippen LogP contribution is 2.30. The van der Waals surface area contributed by atoms with Crippen LogP contribution in [0, 0.1) is 0 Å². The molecule has 7 nitrogen and oxygen atoms in total. The van der Waals surface area contributed by atoms with Crippen molar-refractivity contribution in [3.05, 3.63) is 23.8 Å². The van der Waals surface area contributed by atoms with Crippen molar-refractivity contribution in [2.45, 2.75) is 12.5 Å². The summed E-state index contributed by atoms with van der Waals surface area (Å²) in [5.74, 6) is 0.522. The summed E-state index contributed by atoms with van der Waals surface area (Å²) < 4.78 is 5.27. The third-order valence-electron chi connectivity index (χ3n) is 3.76. The van der Waals surface area contributed by atoms with Gasteiger partial charge in [0.25, 0.3) is 11.8 Å². The molecule has 2 N–H and O–H groups in total. The largest absolute Gasteiger partial charge is 0.482 e. The van der Waals surface area contributed by atoms with Crippen LogP contribution in [0.15, 0.2) is 18.2 Å². The Kier molecular flexibility index (Phi) is 4.42. The number of carbonyl (C=O) groups excluding carboxylic acids is 2. The van der Waals surface area contributed by atoms with Crippen LogP contribution in [-0.2, 0) is 9.59 Å². The Balaban J connectivity index is 1.82. The normalized spacial score (nSPS) is 20.3. The minimum Gasteiger partial charge on any atom is -0.482 e. The number of aliphatic carboxylic acids is 1. The zero-order valence-electron chi connectivity index (χ0n) is 12.3. The van der Waals surface area contributed by atoms with E-state index in [2.05, 4.69) is 5.32 Å². The molecule has 1 unspecified atom stereocenters. The Morgan fingerprint density at radius 2 is 2.26 bits per heavy atom. The first-order chi connectivity index (χ1) is 11.0. The first kappa shape index (κ1) is 15.7. The number of ether oxygens (including phenoxy) is 1. The van der Waals surface area contributed by atoms with Gasteiger partial charge in [-0.1, -0.05) is 0 Å². The molecule has 1 aromatic rings. The monoisotopic (exact) mass is 336 g/mol. The van der Waals surface area contributed by atoms with Crippen LogP contribution in [0.3, 0.4) is 0 Å². The maximum Gasteiger partial charge on any atom is 0.305 e. The van der Waals surface area contributed by atoms with Crippen LogP contribution in [0.2, 0.25) is 0 Å². The van der Waals surface area contributed by atoms with Crippen LogP contribution in [0.4, 0.5) is 5.69 Å². The highest BCUT2D eigenvalue weighted by Gasteiger charge is 2.30. The van der Waals surface area contributed by atoms with Crippen molar-refractivity contribution < 1.29 is 24.2 Å². The lowest BCUT2D eigenvalue weighted by atomic mass is 10.1. The number of hydrogen-bond acceptors (Lipinski definition) is 5. The maximum absolute atomic E-state index is 12.7. The number of nitrogens with zero attached hydrogens (tertiary/aromatic N) is 1. The summed E-state index contributed by atoms with van der Waals surface area (Å²) in [6.45, 7) is 0.478. The molecule has 0 radical (unpaired) electrons. The summed E-state index contributed by atoms with van der Waals surface area (Å²) in [7, 11) is 0. The Bertz CT molecular complexity index is 663. The van der Waals surface area contributed by atoms with E-state index in [-0.39, 0.29) is 30.9 Å². The van der Waals surface area contributed by atoms with Gasteiger partial charge in [-0.25, -0.2) is 0 Å². The highest BCUT2D eigenvalue weighted by atomic mass is 32.2. The van der Waals surface area contributed by atoms with Crippen LogP contribution >= 0.6 is 11.8 Å². The summed E-state index contributed by atoms with van der Waals surface area (Å²) in [4.78, 5) is 36.7. The van der Waals surface area contributed by atoms with Gasteiger partial charge in [0.2, 0.25) is 0 Å². The molecule has 0 spiro atoms. The number of benzene rings is 1. The van der Waals surface area contributed by atoms with Crippen molar-refractivity contribution >= 4 is 35.2 Å². The Morgan fingerprint density at radius 1 is 1.43 bits per heavy atom. The molecular weight excluding hydrogens is 320 g/mol. The summed E-state index contributed by atoms with van der Waals surface area (Å²) in [5, 5.41) is 11.7. The molecule has 0 bridgehead atoms. The molecule has 122 valence electrons. The van der Waals surface area contributed by atoms with Crippen LogP contribution in [-0.4, -0.2) is 58.5 Å². The van der Waals surface area contributed by atoms with Crippen molar-refractivity contribution in [3.8, 4) is 5.75 Å². The van der Waals surface area contributed by atoms with E-state index in [1.54, 1.807) is 34.9 Å². The zero-order valence-corrected chi connectivity index (χ0v) is 13.1. The van der Waals surface area contributed by atoms with Crippen LogP contribution in [0.25, 0.3) is 0 Å². The average Bonchev–Trinajstić information content (AvgIpc) is 2.53. The molecule has 2 aliphatic rings. The van der Waals surface area contributed by atoms with Crippen molar-refractivity contribution in [2.75, 3.05) is 30.0 Å². The number of carbonyl (C=O) groups is 3. The van der Waals surface area contributed by atoms with Gasteiger partial charge in [-0.3, -0.25) is 14.4 Å². The number of rotatable bonds is 3. The molecule has 23 heavy (non-hydrogen) atoms. The number of carboxylic acids is 1. The molecular formula is C15H16N2O5S. The lowest BCUT2D eigenvalue weighted by molar-refractivity contribution is -0.138. The van der Waals surface area contributed by atoms with E-state index >= 15 is 0 Å². The van der Waals surface area contributed by atoms with Gasteiger partial charge in [0, 0.05) is 23.6 Å². The van der Waals surface area contributed by atoms with Crippen molar-refractivity contribution in [3.63, 3.8) is 0 Å². The minimum absolute atomic E-state index is 0.0374. The van der Waals surface area contributed by atoms with Gasteiger partial charge in [0.15, 0.2) is 6.61 Å². The van der Waals surface area contributed by atoms with E-state index in [1.165, 1.54) is 0 Å². The summed E-state index contributed by atoms with van der Waals surface area (Å²) in [6, 6.07) is 4.54. The number of fused-ring (bicyclic) bond motifs is 1. The highest BCUT2D eigenvalue weighted by molar-refractivity contribution is 7.99. The van der Waals surface area contributed by atoms with E-state index in [0.29, 0.717) is 29.3 Å². The number of anilines is 1. The zero-order chi connectivity index (χ0) is 16.4. The van der Waals surface area contributed by atoms with Crippen molar-refractivity contribution in [1.29, 1.82) is 0 Å². The van der Waals surface area contributed by atoms with Gasteiger partial charge in [0.1, 0.15) is 5.75 Å². The predicted molar refractivity (Wildman–Crippen MR) is 85.0 cm³/mol. The molecule has 0 saturated carbocycles. The van der Waals surface area contributed by atoms with Crippen LogP contribution in [0.1, 0.15) is 16.8 Å². The third-order valence-corrected chi connectivity index (χ3v) is 4.85. The molecule has 1 saturated heterocycles. The van der Waals surface area contributed by atoms with Crippen molar-refractivity contribution in [1.82, 2.24) is 4.90 Å². The Hall–Kier alpha value is -2.22. The molecule has 3 rings (SSSR count). The predicted octanol–water partition coefficient (Wildman–Crippen LogP) is 1.05. The second kappa shape index (κ2) is 6.49. The quantitative estimate of drug-likeness (QED) is 0.856. The van der Waals surface area contributed by atoms with Crippen molar-refractivity contribution in [2.24, 2.45) is 0 Å².